The van der Waals surface area contributed by atoms with E-state index in [0.717, 1.165) is 32.7 Å². The van der Waals surface area contributed by atoms with Gasteiger partial charge in [-0.1, -0.05) is 12.1 Å². The van der Waals surface area contributed by atoms with Gasteiger partial charge in [0, 0.05) is 52.4 Å². The topological polar surface area (TPSA) is 74.7 Å². The number of hydrogen-bond donors (Lipinski definition) is 1. The number of benzene rings is 1. The maximum Gasteiger partial charge on any atom is 0.257 e. The summed E-state index contributed by atoms with van der Waals surface area (Å²) in [6, 6.07) is 7.38. The van der Waals surface area contributed by atoms with Crippen LogP contribution < -0.4 is 4.74 Å². The molecule has 8 nitrogen and oxygen atoms in total. The van der Waals surface area contributed by atoms with E-state index >= 15 is 0 Å². The molecule has 0 aliphatic carbocycles. The average Bonchev–Trinajstić information content (AvgIpc) is 2.78. The number of amides is 1. The number of ether oxygens (including phenoxy) is 3. The van der Waals surface area contributed by atoms with Gasteiger partial charge in [0.25, 0.3) is 5.91 Å². The van der Waals surface area contributed by atoms with Crippen molar-refractivity contribution < 1.29 is 24.1 Å². The number of para-hydroxylation sites is 1. The first kappa shape index (κ1) is 23.9. The fourth-order valence-electron chi connectivity index (χ4n) is 4.12. The largest absolute Gasteiger partial charge is 0.496 e. The van der Waals surface area contributed by atoms with Gasteiger partial charge < -0.3 is 24.2 Å². The zero-order chi connectivity index (χ0) is 22.2. The standard InChI is InChI=1S/C23H37N3O5/c1-18(2)31-17-19(27)14-25-12-13-30-20(16-25)15-24-8-10-26(11-9-24)23(28)21-6-4-5-7-22(21)29-3/h4-7,18-20,27H,8-17H2,1-3H3. The van der Waals surface area contributed by atoms with Crippen molar-refractivity contribution in [3.63, 3.8) is 0 Å². The van der Waals surface area contributed by atoms with Crippen LogP contribution in [0.2, 0.25) is 0 Å². The lowest BCUT2D eigenvalue weighted by Crippen LogP contribution is -2.54. The second kappa shape index (κ2) is 11.8. The van der Waals surface area contributed by atoms with Crippen molar-refractivity contribution in [2.45, 2.75) is 32.2 Å². The predicted octanol–water partition coefficient (Wildman–Crippen LogP) is 0.940. The molecule has 1 aromatic carbocycles. The summed E-state index contributed by atoms with van der Waals surface area (Å²) in [6.45, 7) is 11.1. The van der Waals surface area contributed by atoms with Crippen LogP contribution in [0.3, 0.4) is 0 Å². The lowest BCUT2D eigenvalue weighted by Gasteiger charge is -2.39. The van der Waals surface area contributed by atoms with E-state index in [4.69, 9.17) is 14.2 Å². The third kappa shape index (κ3) is 7.15. The van der Waals surface area contributed by atoms with Gasteiger partial charge in [0.2, 0.25) is 0 Å². The number of morpholine rings is 1. The Morgan fingerprint density at radius 1 is 1.16 bits per heavy atom. The Kier molecular flexibility index (Phi) is 9.10. The zero-order valence-electron chi connectivity index (χ0n) is 19.0. The van der Waals surface area contributed by atoms with Gasteiger partial charge in [-0.15, -0.1) is 0 Å². The molecule has 8 heteroatoms. The van der Waals surface area contributed by atoms with E-state index in [2.05, 4.69) is 9.80 Å². The molecule has 2 atom stereocenters. The van der Waals surface area contributed by atoms with Crippen molar-refractivity contribution in [2.24, 2.45) is 0 Å². The van der Waals surface area contributed by atoms with Gasteiger partial charge in [0.1, 0.15) is 5.75 Å². The number of aliphatic hydroxyl groups is 1. The molecule has 0 saturated carbocycles. The minimum atomic E-state index is -0.481. The van der Waals surface area contributed by atoms with Crippen molar-refractivity contribution >= 4 is 5.91 Å². The van der Waals surface area contributed by atoms with Crippen molar-refractivity contribution in [1.29, 1.82) is 0 Å². The molecule has 2 saturated heterocycles. The van der Waals surface area contributed by atoms with Gasteiger partial charge in [0.05, 0.1) is 44.2 Å². The lowest BCUT2D eigenvalue weighted by molar-refractivity contribution is -0.0670. The molecule has 1 aromatic rings. The van der Waals surface area contributed by atoms with Gasteiger partial charge in [-0.2, -0.15) is 0 Å². The monoisotopic (exact) mass is 435 g/mol. The minimum Gasteiger partial charge on any atom is -0.496 e. The number of aliphatic hydroxyl groups excluding tert-OH is 1. The number of methoxy groups -OCH3 is 1. The SMILES string of the molecule is COc1ccccc1C(=O)N1CCN(CC2CN(CC(O)COC(C)C)CCO2)CC1. The molecule has 31 heavy (non-hydrogen) atoms. The van der Waals surface area contributed by atoms with E-state index in [0.29, 0.717) is 44.2 Å². The Hall–Kier alpha value is -1.71. The molecule has 2 aliphatic rings. The molecule has 174 valence electrons. The number of carbonyl (C=O) groups is 1. The number of nitrogens with zero attached hydrogens (tertiary/aromatic N) is 3. The van der Waals surface area contributed by atoms with Crippen molar-refractivity contribution in [1.82, 2.24) is 14.7 Å². The van der Waals surface area contributed by atoms with E-state index in [9.17, 15) is 9.90 Å². The highest BCUT2D eigenvalue weighted by Crippen LogP contribution is 2.20. The molecular weight excluding hydrogens is 398 g/mol. The third-order valence-corrected chi connectivity index (χ3v) is 5.77. The Bertz CT molecular complexity index is 694. The van der Waals surface area contributed by atoms with Crippen LogP contribution in [-0.4, -0.2) is 117 Å². The van der Waals surface area contributed by atoms with E-state index in [1.807, 2.05) is 43.0 Å². The Balaban J connectivity index is 1.42. The highest BCUT2D eigenvalue weighted by molar-refractivity contribution is 5.97. The average molecular weight is 436 g/mol. The highest BCUT2D eigenvalue weighted by Gasteiger charge is 2.28. The maximum atomic E-state index is 12.9. The molecule has 1 N–H and O–H groups in total. The van der Waals surface area contributed by atoms with Crippen LogP contribution >= 0.6 is 0 Å². The predicted molar refractivity (Wildman–Crippen MR) is 119 cm³/mol. The Morgan fingerprint density at radius 3 is 2.61 bits per heavy atom. The summed E-state index contributed by atoms with van der Waals surface area (Å²) >= 11 is 0. The summed E-state index contributed by atoms with van der Waals surface area (Å²) in [5.74, 6) is 0.640. The number of carbonyl (C=O) groups excluding carboxylic acids is 1. The quantitative estimate of drug-likeness (QED) is 0.619. The van der Waals surface area contributed by atoms with Crippen molar-refractivity contribution in [3.05, 3.63) is 29.8 Å². The third-order valence-electron chi connectivity index (χ3n) is 5.77. The Morgan fingerprint density at radius 2 is 1.90 bits per heavy atom. The van der Waals surface area contributed by atoms with Crippen molar-refractivity contribution in [3.8, 4) is 5.75 Å². The lowest BCUT2D eigenvalue weighted by atomic mass is 10.1. The second-order valence-corrected chi connectivity index (χ2v) is 8.58. The molecule has 0 aromatic heterocycles. The van der Waals surface area contributed by atoms with Crippen LogP contribution in [0.15, 0.2) is 24.3 Å². The first-order valence-corrected chi connectivity index (χ1v) is 11.2. The van der Waals surface area contributed by atoms with E-state index in [1.165, 1.54) is 0 Å². The van der Waals surface area contributed by atoms with Gasteiger partial charge >= 0.3 is 0 Å². The molecule has 3 rings (SSSR count). The minimum absolute atomic E-state index is 0.0230. The van der Waals surface area contributed by atoms with Crippen molar-refractivity contribution in [2.75, 3.05) is 72.7 Å². The molecule has 2 unspecified atom stereocenters. The first-order chi connectivity index (χ1) is 15.0. The number of hydrogen-bond acceptors (Lipinski definition) is 7. The fourth-order valence-corrected chi connectivity index (χ4v) is 4.12. The van der Waals surface area contributed by atoms with Gasteiger partial charge in [-0.3, -0.25) is 14.6 Å². The normalized spacial score (nSPS) is 22.0. The molecule has 0 spiro atoms. The summed E-state index contributed by atoms with van der Waals surface area (Å²) in [4.78, 5) is 19.4. The molecule has 2 aliphatic heterocycles. The number of β-amino-alcohol motifs (C(OH)–C–C–N with tert-alkyl or cyclic N) is 1. The summed E-state index contributed by atoms with van der Waals surface area (Å²) in [5.41, 5.74) is 0.615. The molecule has 2 heterocycles. The van der Waals surface area contributed by atoms with Crippen LogP contribution in [0.1, 0.15) is 24.2 Å². The van der Waals surface area contributed by atoms with E-state index in [1.54, 1.807) is 7.11 Å². The van der Waals surface area contributed by atoms with E-state index in [-0.39, 0.29) is 18.1 Å². The van der Waals surface area contributed by atoms with E-state index < -0.39 is 6.10 Å². The molecule has 2 fully saturated rings. The molecule has 0 radical (unpaired) electrons. The number of piperazine rings is 1. The van der Waals surface area contributed by atoms with Crippen LogP contribution in [-0.2, 0) is 9.47 Å². The van der Waals surface area contributed by atoms with Crippen LogP contribution in [0.25, 0.3) is 0 Å². The fraction of sp³-hybridized carbons (Fsp3) is 0.696. The van der Waals surface area contributed by atoms with Crippen LogP contribution in [0.4, 0.5) is 0 Å². The maximum absolute atomic E-state index is 12.9. The summed E-state index contributed by atoms with van der Waals surface area (Å²) < 4.78 is 16.8. The Labute approximate surface area is 185 Å². The zero-order valence-corrected chi connectivity index (χ0v) is 19.0. The smallest absolute Gasteiger partial charge is 0.257 e. The highest BCUT2D eigenvalue weighted by atomic mass is 16.5. The van der Waals surface area contributed by atoms with Crippen LogP contribution in [0.5, 0.6) is 5.75 Å². The summed E-state index contributed by atoms with van der Waals surface area (Å²) in [7, 11) is 1.59. The van der Waals surface area contributed by atoms with Gasteiger partial charge in [-0.05, 0) is 26.0 Å². The van der Waals surface area contributed by atoms with Gasteiger partial charge in [-0.25, -0.2) is 0 Å². The molecule has 1 amide bonds. The molecule has 0 bridgehead atoms. The molecular formula is C23H37N3O5. The second-order valence-electron chi connectivity index (χ2n) is 8.58. The first-order valence-electron chi connectivity index (χ1n) is 11.2. The van der Waals surface area contributed by atoms with Crippen LogP contribution in [0, 0.1) is 0 Å². The number of rotatable bonds is 9. The summed E-state index contributed by atoms with van der Waals surface area (Å²) in [6.07, 6.45) is -0.241. The van der Waals surface area contributed by atoms with Gasteiger partial charge in [0.15, 0.2) is 0 Å². The summed E-state index contributed by atoms with van der Waals surface area (Å²) in [5, 5.41) is 10.2.